The standard InChI is InChI=1S/C11H17BrN2O3S/c1-7(2)11(6-15)14-18(16,17)8-3-4-9(12)10(13)5-8/h3-5,7,11,14-15H,6,13H2,1-2H3/t11-/m1/s1. The van der Waals surface area contributed by atoms with E-state index in [1.165, 1.54) is 12.1 Å². The number of nitrogens with one attached hydrogen (secondary N) is 1. The van der Waals surface area contributed by atoms with E-state index in [9.17, 15) is 8.42 Å². The minimum atomic E-state index is -3.67. The van der Waals surface area contributed by atoms with Crippen LogP contribution in [0.3, 0.4) is 0 Å². The number of nitrogens with two attached hydrogens (primary N) is 1. The van der Waals surface area contributed by atoms with Crippen molar-refractivity contribution >= 4 is 31.6 Å². The van der Waals surface area contributed by atoms with Gasteiger partial charge < -0.3 is 10.8 Å². The van der Waals surface area contributed by atoms with E-state index in [2.05, 4.69) is 20.7 Å². The Labute approximate surface area is 116 Å². The highest BCUT2D eigenvalue weighted by atomic mass is 79.9. The van der Waals surface area contributed by atoms with E-state index in [-0.39, 0.29) is 17.4 Å². The number of rotatable bonds is 5. The zero-order valence-electron chi connectivity index (χ0n) is 10.2. The highest BCUT2D eigenvalue weighted by Gasteiger charge is 2.22. The van der Waals surface area contributed by atoms with E-state index in [0.717, 1.165) is 0 Å². The Kier molecular flexibility index (Phi) is 5.15. The number of anilines is 1. The molecule has 0 aromatic heterocycles. The van der Waals surface area contributed by atoms with Gasteiger partial charge >= 0.3 is 0 Å². The van der Waals surface area contributed by atoms with Crippen LogP contribution < -0.4 is 10.5 Å². The van der Waals surface area contributed by atoms with Crippen molar-refractivity contribution in [3.63, 3.8) is 0 Å². The topological polar surface area (TPSA) is 92.4 Å². The second kappa shape index (κ2) is 6.01. The van der Waals surface area contributed by atoms with Gasteiger partial charge in [-0.25, -0.2) is 13.1 Å². The van der Waals surface area contributed by atoms with E-state index >= 15 is 0 Å². The average molecular weight is 337 g/mol. The maximum Gasteiger partial charge on any atom is 0.240 e. The predicted octanol–water partition coefficient (Wildman–Crippen LogP) is 1.33. The third-order valence-electron chi connectivity index (χ3n) is 2.59. The fourth-order valence-corrected chi connectivity index (χ4v) is 3.00. The van der Waals surface area contributed by atoms with Crippen molar-refractivity contribution in [3.05, 3.63) is 22.7 Å². The average Bonchev–Trinajstić information content (AvgIpc) is 2.29. The molecule has 4 N–H and O–H groups in total. The maximum atomic E-state index is 12.1. The van der Waals surface area contributed by atoms with E-state index in [1.807, 2.05) is 13.8 Å². The minimum Gasteiger partial charge on any atom is -0.398 e. The molecule has 102 valence electrons. The number of halogens is 1. The molecule has 0 heterocycles. The summed E-state index contributed by atoms with van der Waals surface area (Å²) in [5, 5.41) is 9.15. The molecule has 0 spiro atoms. The Morgan fingerprint density at radius 1 is 1.44 bits per heavy atom. The van der Waals surface area contributed by atoms with Crippen LogP contribution in [0.1, 0.15) is 13.8 Å². The number of sulfonamides is 1. The SMILES string of the molecule is CC(C)[C@@H](CO)NS(=O)(=O)c1ccc(Br)c(N)c1. The largest absolute Gasteiger partial charge is 0.398 e. The van der Waals surface area contributed by atoms with Gasteiger partial charge in [0, 0.05) is 16.2 Å². The summed E-state index contributed by atoms with van der Waals surface area (Å²) >= 11 is 3.20. The summed E-state index contributed by atoms with van der Waals surface area (Å²) in [6, 6.07) is 3.89. The summed E-state index contributed by atoms with van der Waals surface area (Å²) in [5.41, 5.74) is 6.00. The summed E-state index contributed by atoms with van der Waals surface area (Å²) in [5.74, 6) is -0.00225. The molecule has 0 aliphatic carbocycles. The molecule has 0 amide bonds. The molecule has 0 aliphatic rings. The first-order chi connectivity index (χ1) is 8.27. The van der Waals surface area contributed by atoms with Gasteiger partial charge in [-0.05, 0) is 40.0 Å². The van der Waals surface area contributed by atoms with E-state index in [0.29, 0.717) is 10.2 Å². The molecule has 0 fully saturated rings. The molecule has 7 heteroatoms. The number of aliphatic hydroxyl groups excluding tert-OH is 1. The lowest BCUT2D eigenvalue weighted by atomic mass is 10.1. The van der Waals surface area contributed by atoms with Crippen LogP contribution in [-0.2, 0) is 10.0 Å². The smallest absolute Gasteiger partial charge is 0.240 e. The molecular formula is C11H17BrN2O3S. The molecule has 0 aliphatic heterocycles. The van der Waals surface area contributed by atoms with Gasteiger partial charge in [-0.2, -0.15) is 0 Å². The van der Waals surface area contributed by atoms with Crippen LogP contribution in [0.4, 0.5) is 5.69 Å². The Balaban J connectivity index is 3.02. The Morgan fingerprint density at radius 3 is 2.50 bits per heavy atom. The van der Waals surface area contributed by atoms with Crippen molar-refractivity contribution in [1.82, 2.24) is 4.72 Å². The molecule has 1 atom stereocenters. The Morgan fingerprint density at radius 2 is 2.06 bits per heavy atom. The zero-order valence-corrected chi connectivity index (χ0v) is 12.6. The predicted molar refractivity (Wildman–Crippen MR) is 74.6 cm³/mol. The molecule has 0 bridgehead atoms. The Hall–Kier alpha value is -0.630. The summed E-state index contributed by atoms with van der Waals surface area (Å²) in [4.78, 5) is 0.0855. The molecule has 0 unspecified atom stereocenters. The summed E-state index contributed by atoms with van der Waals surface area (Å²) in [6.07, 6.45) is 0. The third kappa shape index (κ3) is 3.68. The van der Waals surface area contributed by atoms with E-state index < -0.39 is 16.1 Å². The molecule has 0 radical (unpaired) electrons. The molecule has 1 rings (SSSR count). The number of benzene rings is 1. The molecular weight excluding hydrogens is 320 g/mol. The number of hydrogen-bond acceptors (Lipinski definition) is 4. The molecule has 1 aromatic rings. The number of aliphatic hydroxyl groups is 1. The van der Waals surface area contributed by atoms with Crippen molar-refractivity contribution in [2.45, 2.75) is 24.8 Å². The van der Waals surface area contributed by atoms with Crippen LogP contribution in [0.2, 0.25) is 0 Å². The molecule has 0 saturated heterocycles. The van der Waals surface area contributed by atoms with Crippen LogP contribution >= 0.6 is 15.9 Å². The van der Waals surface area contributed by atoms with Gasteiger partial charge in [0.1, 0.15) is 0 Å². The normalized spacial score (nSPS) is 13.8. The van der Waals surface area contributed by atoms with Gasteiger partial charge in [0.25, 0.3) is 0 Å². The number of hydrogen-bond donors (Lipinski definition) is 3. The van der Waals surface area contributed by atoms with Crippen molar-refractivity contribution in [1.29, 1.82) is 0 Å². The van der Waals surface area contributed by atoms with Crippen molar-refractivity contribution in [2.24, 2.45) is 5.92 Å². The zero-order chi connectivity index (χ0) is 13.9. The van der Waals surface area contributed by atoms with Crippen molar-refractivity contribution in [2.75, 3.05) is 12.3 Å². The van der Waals surface area contributed by atoms with Crippen molar-refractivity contribution in [3.8, 4) is 0 Å². The van der Waals surface area contributed by atoms with E-state index in [1.54, 1.807) is 6.07 Å². The second-order valence-corrected chi connectivity index (χ2v) is 6.91. The Bertz CT molecular complexity index is 517. The minimum absolute atomic E-state index is 0.00225. The van der Waals surface area contributed by atoms with Crippen LogP contribution in [0, 0.1) is 5.92 Å². The van der Waals surface area contributed by atoms with Gasteiger partial charge in [-0.15, -0.1) is 0 Å². The maximum absolute atomic E-state index is 12.1. The van der Waals surface area contributed by atoms with Gasteiger partial charge in [0.15, 0.2) is 0 Å². The van der Waals surface area contributed by atoms with Crippen LogP contribution in [-0.4, -0.2) is 26.2 Å². The first-order valence-electron chi connectivity index (χ1n) is 5.46. The summed E-state index contributed by atoms with van der Waals surface area (Å²) < 4.78 is 27.3. The van der Waals surface area contributed by atoms with E-state index in [4.69, 9.17) is 10.8 Å². The molecule has 18 heavy (non-hydrogen) atoms. The molecule has 5 nitrogen and oxygen atoms in total. The van der Waals surface area contributed by atoms with Gasteiger partial charge in [0.2, 0.25) is 10.0 Å². The summed E-state index contributed by atoms with van der Waals surface area (Å²) in [6.45, 7) is 3.42. The monoisotopic (exact) mass is 336 g/mol. The van der Waals surface area contributed by atoms with Crippen LogP contribution in [0.25, 0.3) is 0 Å². The highest BCUT2D eigenvalue weighted by Crippen LogP contribution is 2.23. The fourth-order valence-electron chi connectivity index (χ4n) is 1.34. The summed E-state index contributed by atoms with van der Waals surface area (Å²) in [7, 11) is -3.67. The second-order valence-electron chi connectivity index (χ2n) is 4.34. The number of nitrogen functional groups attached to an aromatic ring is 1. The third-order valence-corrected chi connectivity index (χ3v) is 4.80. The lowest BCUT2D eigenvalue weighted by molar-refractivity contribution is 0.227. The van der Waals surface area contributed by atoms with Gasteiger partial charge in [-0.3, -0.25) is 0 Å². The van der Waals surface area contributed by atoms with Gasteiger partial charge in [-0.1, -0.05) is 13.8 Å². The van der Waals surface area contributed by atoms with Crippen LogP contribution in [0.5, 0.6) is 0 Å². The first-order valence-corrected chi connectivity index (χ1v) is 7.73. The van der Waals surface area contributed by atoms with Gasteiger partial charge in [0.05, 0.1) is 11.5 Å². The van der Waals surface area contributed by atoms with Crippen molar-refractivity contribution < 1.29 is 13.5 Å². The molecule has 0 saturated carbocycles. The first kappa shape index (κ1) is 15.4. The fraction of sp³-hybridized carbons (Fsp3) is 0.455. The molecule has 1 aromatic carbocycles. The van der Waals surface area contributed by atoms with Crippen LogP contribution in [0.15, 0.2) is 27.6 Å². The quantitative estimate of drug-likeness (QED) is 0.707. The lowest BCUT2D eigenvalue weighted by Gasteiger charge is -2.20. The lowest BCUT2D eigenvalue weighted by Crippen LogP contribution is -2.41. The highest BCUT2D eigenvalue weighted by molar-refractivity contribution is 9.10.